The maximum Gasteiger partial charge on any atom is 0.150 e. The van der Waals surface area contributed by atoms with Crippen LogP contribution in [0.3, 0.4) is 0 Å². The second-order valence-corrected chi connectivity index (χ2v) is 6.23. The number of Topliss-reactive ketones (excluding diaryl/α,β-unsaturated/α-hetero) is 1. The summed E-state index contributed by atoms with van der Waals surface area (Å²) in [5.41, 5.74) is 6.61. The van der Waals surface area contributed by atoms with Crippen molar-refractivity contribution in [1.29, 1.82) is 0 Å². The summed E-state index contributed by atoms with van der Waals surface area (Å²) in [6.45, 7) is 2.02. The van der Waals surface area contributed by atoms with Crippen molar-refractivity contribution in [2.75, 3.05) is 13.1 Å². The minimum absolute atomic E-state index is 0.0112. The van der Waals surface area contributed by atoms with E-state index in [0.29, 0.717) is 25.7 Å². The number of nitrogens with one attached hydrogen (secondary N) is 1. The van der Waals surface area contributed by atoms with Crippen LogP contribution in [0.1, 0.15) is 44.1 Å². The molecule has 0 aliphatic carbocycles. The summed E-state index contributed by atoms with van der Waals surface area (Å²) in [7, 11) is 0. The number of benzene rings is 1. The predicted octanol–water partition coefficient (Wildman–Crippen LogP) is 2.26. The summed E-state index contributed by atoms with van der Waals surface area (Å²) >= 11 is 0. The summed E-state index contributed by atoms with van der Waals surface area (Å²) in [5, 5.41) is 3.33. The molecule has 1 aliphatic rings. The zero-order chi connectivity index (χ0) is 17.9. The molecule has 0 unspecified atom stereocenters. The smallest absolute Gasteiger partial charge is 0.150 e. The quantitative estimate of drug-likeness (QED) is 0.591. The number of hydrogen-bond donors (Lipinski definition) is 2. The monoisotopic (exact) mass is 338 g/mol. The van der Waals surface area contributed by atoms with Gasteiger partial charge < -0.3 is 15.8 Å². The van der Waals surface area contributed by atoms with Crippen LogP contribution in [0, 0.1) is 24.2 Å². The van der Waals surface area contributed by atoms with E-state index in [9.17, 15) is 4.79 Å². The molecular weight excluding hydrogens is 312 g/mol. The summed E-state index contributed by atoms with van der Waals surface area (Å²) in [4.78, 5) is 11.7. The first-order valence-corrected chi connectivity index (χ1v) is 8.87. The second-order valence-electron chi connectivity index (χ2n) is 6.23. The fourth-order valence-electron chi connectivity index (χ4n) is 2.69. The van der Waals surface area contributed by atoms with E-state index in [1.165, 1.54) is 0 Å². The van der Waals surface area contributed by atoms with Crippen LogP contribution in [0.5, 0.6) is 5.75 Å². The van der Waals surface area contributed by atoms with Crippen LogP contribution in [0.25, 0.3) is 0 Å². The van der Waals surface area contributed by atoms with E-state index in [4.69, 9.17) is 16.9 Å². The topological polar surface area (TPSA) is 64.4 Å². The fraction of sp³-hybridized carbons (Fsp3) is 0.476. The molecule has 4 heteroatoms. The molecule has 0 spiro atoms. The van der Waals surface area contributed by atoms with Gasteiger partial charge in [-0.25, -0.2) is 0 Å². The van der Waals surface area contributed by atoms with E-state index < -0.39 is 6.04 Å². The molecule has 1 heterocycles. The third kappa shape index (κ3) is 7.01. The lowest BCUT2D eigenvalue weighted by Crippen LogP contribution is -2.34. The molecule has 2 rings (SSSR count). The van der Waals surface area contributed by atoms with Gasteiger partial charge in [0.05, 0.1) is 6.04 Å². The molecule has 1 saturated heterocycles. The number of piperidine rings is 1. The van der Waals surface area contributed by atoms with Crippen LogP contribution in [-0.4, -0.2) is 31.0 Å². The van der Waals surface area contributed by atoms with E-state index in [-0.39, 0.29) is 11.9 Å². The molecule has 0 radical (unpaired) electrons. The molecule has 0 bridgehead atoms. The molecule has 1 aliphatic heterocycles. The maximum absolute atomic E-state index is 11.7. The van der Waals surface area contributed by atoms with Crippen molar-refractivity contribution in [1.82, 2.24) is 5.32 Å². The number of nitrogens with two attached hydrogens (primary N) is 1. The van der Waals surface area contributed by atoms with Crippen LogP contribution in [0.2, 0.25) is 0 Å². The van der Waals surface area contributed by atoms with Gasteiger partial charge in [0, 0.05) is 24.8 Å². The molecule has 1 aromatic carbocycles. The van der Waals surface area contributed by atoms with Gasteiger partial charge >= 0.3 is 0 Å². The molecule has 25 heavy (non-hydrogen) atoms. The first kappa shape index (κ1) is 19.1. The van der Waals surface area contributed by atoms with Crippen molar-refractivity contribution in [3.63, 3.8) is 0 Å². The molecule has 1 fully saturated rings. The summed E-state index contributed by atoms with van der Waals surface area (Å²) in [6.07, 6.45) is 9.60. The molecule has 132 valence electrons. The Balaban J connectivity index is 1.77. The van der Waals surface area contributed by atoms with Crippen molar-refractivity contribution in [3.05, 3.63) is 29.8 Å². The Bertz CT molecular complexity index is 660. The van der Waals surface area contributed by atoms with E-state index in [2.05, 4.69) is 23.1 Å². The first-order valence-electron chi connectivity index (χ1n) is 8.87. The normalized spacial score (nSPS) is 15.5. The summed E-state index contributed by atoms with van der Waals surface area (Å²) in [5.74, 6) is 9.54. The molecule has 0 aromatic heterocycles. The zero-order valence-electron chi connectivity index (χ0n) is 14.6. The van der Waals surface area contributed by atoms with Crippen LogP contribution < -0.4 is 15.8 Å². The number of carbonyl (C=O) groups excluding carboxylic acids is 1. The SMILES string of the molecule is C#CC[C@H](N)C(=O)CCCC#Cc1cccc(OC2CCNCC2)c1. The Labute approximate surface area is 150 Å². The molecule has 1 aromatic rings. The van der Waals surface area contributed by atoms with Gasteiger partial charge in [-0.05, 0) is 50.6 Å². The number of rotatable bonds is 7. The highest BCUT2D eigenvalue weighted by atomic mass is 16.5. The first-order chi connectivity index (χ1) is 12.2. The molecule has 0 saturated carbocycles. The third-order valence-electron chi connectivity index (χ3n) is 4.13. The van der Waals surface area contributed by atoms with E-state index in [1.54, 1.807) is 0 Å². The van der Waals surface area contributed by atoms with Gasteiger partial charge in [-0.3, -0.25) is 4.79 Å². The Kier molecular flexibility index (Phi) is 8.05. The van der Waals surface area contributed by atoms with Crippen molar-refractivity contribution in [2.24, 2.45) is 5.73 Å². The zero-order valence-corrected chi connectivity index (χ0v) is 14.6. The van der Waals surface area contributed by atoms with Gasteiger partial charge in [0.1, 0.15) is 11.9 Å². The van der Waals surface area contributed by atoms with E-state index in [0.717, 1.165) is 37.2 Å². The lowest BCUT2D eigenvalue weighted by molar-refractivity contribution is -0.120. The average Bonchev–Trinajstić information content (AvgIpc) is 2.62. The lowest BCUT2D eigenvalue weighted by Gasteiger charge is -2.23. The minimum atomic E-state index is -0.540. The molecule has 0 amide bonds. The van der Waals surface area contributed by atoms with Crippen molar-refractivity contribution in [3.8, 4) is 29.9 Å². The molecule has 3 N–H and O–H groups in total. The Morgan fingerprint density at radius 3 is 2.96 bits per heavy atom. The van der Waals surface area contributed by atoms with Crippen molar-refractivity contribution in [2.45, 2.75) is 50.7 Å². The fourth-order valence-corrected chi connectivity index (χ4v) is 2.69. The minimum Gasteiger partial charge on any atom is -0.490 e. The highest BCUT2D eigenvalue weighted by molar-refractivity contribution is 5.84. The Hall–Kier alpha value is -2.27. The Morgan fingerprint density at radius 1 is 1.40 bits per heavy atom. The number of ether oxygens (including phenoxy) is 1. The number of carbonyl (C=O) groups is 1. The highest BCUT2D eigenvalue weighted by Crippen LogP contribution is 2.18. The second kappa shape index (κ2) is 10.6. The van der Waals surface area contributed by atoms with Gasteiger partial charge in [-0.1, -0.05) is 17.9 Å². The van der Waals surface area contributed by atoms with Gasteiger partial charge in [0.2, 0.25) is 0 Å². The van der Waals surface area contributed by atoms with Gasteiger partial charge in [0.15, 0.2) is 5.78 Å². The van der Waals surface area contributed by atoms with Gasteiger partial charge in [-0.2, -0.15) is 0 Å². The lowest BCUT2D eigenvalue weighted by atomic mass is 10.0. The van der Waals surface area contributed by atoms with E-state index in [1.807, 2.05) is 24.3 Å². The third-order valence-corrected chi connectivity index (χ3v) is 4.13. The van der Waals surface area contributed by atoms with Gasteiger partial charge in [-0.15, -0.1) is 12.3 Å². The standard InChI is InChI=1S/C21H26N2O2/c1-2-7-20(22)21(24)11-5-3-4-8-17-9-6-10-19(16-17)25-18-12-14-23-15-13-18/h1,6,9-10,16,18,20,23H,3,5,7,11-15,22H2/t20-/m0/s1. The summed E-state index contributed by atoms with van der Waals surface area (Å²) in [6, 6.07) is 7.34. The number of hydrogen-bond acceptors (Lipinski definition) is 4. The number of terminal acetylenes is 1. The number of ketones is 1. The molecular formula is C21H26N2O2. The predicted molar refractivity (Wildman–Crippen MR) is 100 cm³/mol. The van der Waals surface area contributed by atoms with Crippen LogP contribution in [-0.2, 0) is 4.79 Å². The van der Waals surface area contributed by atoms with E-state index >= 15 is 0 Å². The average molecular weight is 338 g/mol. The maximum atomic E-state index is 11.7. The van der Waals surface area contributed by atoms with Crippen LogP contribution in [0.4, 0.5) is 0 Å². The van der Waals surface area contributed by atoms with Crippen molar-refractivity contribution >= 4 is 5.78 Å². The number of unbranched alkanes of at least 4 members (excludes halogenated alkanes) is 1. The van der Waals surface area contributed by atoms with Crippen molar-refractivity contribution < 1.29 is 9.53 Å². The van der Waals surface area contributed by atoms with Gasteiger partial charge in [0.25, 0.3) is 0 Å². The molecule has 4 nitrogen and oxygen atoms in total. The Morgan fingerprint density at radius 2 is 2.20 bits per heavy atom. The highest BCUT2D eigenvalue weighted by Gasteiger charge is 2.14. The van der Waals surface area contributed by atoms with Crippen LogP contribution in [0.15, 0.2) is 24.3 Å². The molecule has 1 atom stereocenters. The largest absolute Gasteiger partial charge is 0.490 e. The summed E-state index contributed by atoms with van der Waals surface area (Å²) < 4.78 is 6.02. The van der Waals surface area contributed by atoms with Crippen LogP contribution >= 0.6 is 0 Å².